The van der Waals surface area contributed by atoms with E-state index in [4.69, 9.17) is 22.3 Å². The van der Waals surface area contributed by atoms with Gasteiger partial charge in [0.15, 0.2) is 5.16 Å². The summed E-state index contributed by atoms with van der Waals surface area (Å²) in [7, 11) is 0. The van der Waals surface area contributed by atoms with Gasteiger partial charge in [0.1, 0.15) is 11.5 Å². The number of hydrogen-bond acceptors (Lipinski definition) is 6. The molecule has 152 valence electrons. The van der Waals surface area contributed by atoms with Crippen LogP contribution in [0.3, 0.4) is 0 Å². The lowest BCUT2D eigenvalue weighted by molar-refractivity contribution is 0.898. The molecule has 0 unspecified atom stereocenters. The Morgan fingerprint density at radius 2 is 1.90 bits per heavy atom. The molecule has 0 atom stereocenters. The summed E-state index contributed by atoms with van der Waals surface area (Å²) >= 11 is 7.41. The minimum atomic E-state index is -0.105. The number of nitrogen functional groups attached to an aromatic ring is 1. The van der Waals surface area contributed by atoms with Crippen molar-refractivity contribution in [2.45, 2.75) is 31.2 Å². The van der Waals surface area contributed by atoms with Gasteiger partial charge < -0.3 is 5.73 Å². The Morgan fingerprint density at radius 3 is 2.63 bits per heavy atom. The van der Waals surface area contributed by atoms with Gasteiger partial charge in [-0.25, -0.2) is 15.0 Å². The lowest BCUT2D eigenvalue weighted by Crippen LogP contribution is -2.15. The van der Waals surface area contributed by atoms with E-state index in [1.165, 1.54) is 11.8 Å². The number of anilines is 1. The van der Waals surface area contributed by atoms with E-state index in [0.29, 0.717) is 39.5 Å². The van der Waals surface area contributed by atoms with Crippen molar-refractivity contribution in [2.75, 3.05) is 5.73 Å². The highest BCUT2D eigenvalue weighted by molar-refractivity contribution is 7.98. The Kier molecular flexibility index (Phi) is 5.74. The highest BCUT2D eigenvalue weighted by atomic mass is 35.5. The van der Waals surface area contributed by atoms with Crippen LogP contribution in [0.1, 0.15) is 23.9 Å². The molecular formula is C22H20ClN5OS. The number of aromatic nitrogens is 4. The number of benzene rings is 1. The van der Waals surface area contributed by atoms with Gasteiger partial charge >= 0.3 is 0 Å². The molecule has 6 nitrogen and oxygen atoms in total. The molecule has 30 heavy (non-hydrogen) atoms. The van der Waals surface area contributed by atoms with Crippen molar-refractivity contribution in [1.29, 1.82) is 0 Å². The number of hydrogen-bond donors (Lipinski definition) is 1. The Morgan fingerprint density at radius 1 is 1.13 bits per heavy atom. The third-order valence-electron chi connectivity index (χ3n) is 4.75. The van der Waals surface area contributed by atoms with E-state index < -0.39 is 0 Å². The molecule has 3 heterocycles. The number of halogens is 1. The van der Waals surface area contributed by atoms with Gasteiger partial charge in [0.2, 0.25) is 0 Å². The molecule has 3 aromatic heterocycles. The fourth-order valence-electron chi connectivity index (χ4n) is 3.28. The lowest BCUT2D eigenvalue weighted by atomic mass is 10.0. The van der Waals surface area contributed by atoms with Crippen LogP contribution in [0.4, 0.5) is 5.82 Å². The smallest absolute Gasteiger partial charge is 0.258 e. The largest absolute Gasteiger partial charge is 0.383 e. The molecular weight excluding hydrogens is 418 g/mol. The Labute approximate surface area is 183 Å². The third-order valence-corrected chi connectivity index (χ3v) is 5.88. The van der Waals surface area contributed by atoms with Gasteiger partial charge in [-0.05, 0) is 42.7 Å². The summed E-state index contributed by atoms with van der Waals surface area (Å²) < 4.78 is 1.55. The number of rotatable bonds is 5. The number of pyridine rings is 1. The van der Waals surface area contributed by atoms with Crippen molar-refractivity contribution >= 4 is 34.8 Å². The number of thioether (sulfide) groups is 1. The summed E-state index contributed by atoms with van der Waals surface area (Å²) in [6.07, 6.45) is 2.44. The third kappa shape index (κ3) is 4.04. The van der Waals surface area contributed by atoms with Crippen LogP contribution in [0.2, 0.25) is 5.02 Å². The molecule has 0 amide bonds. The van der Waals surface area contributed by atoms with Crippen molar-refractivity contribution in [3.8, 4) is 11.1 Å². The van der Waals surface area contributed by atoms with Gasteiger partial charge in [0, 0.05) is 28.6 Å². The first-order chi connectivity index (χ1) is 14.5. The summed E-state index contributed by atoms with van der Waals surface area (Å²) in [5, 5.41) is 1.23. The van der Waals surface area contributed by atoms with Crippen LogP contribution in [0.5, 0.6) is 0 Å². The van der Waals surface area contributed by atoms with Gasteiger partial charge in [-0.15, -0.1) is 0 Å². The zero-order valence-electron chi connectivity index (χ0n) is 16.6. The molecule has 0 saturated heterocycles. The molecule has 0 saturated carbocycles. The van der Waals surface area contributed by atoms with Gasteiger partial charge in [-0.1, -0.05) is 48.5 Å². The first-order valence-electron chi connectivity index (χ1n) is 9.49. The van der Waals surface area contributed by atoms with Crippen LogP contribution in [-0.4, -0.2) is 19.4 Å². The Balaban J connectivity index is 1.64. The maximum atomic E-state index is 12.4. The van der Waals surface area contributed by atoms with Crippen LogP contribution in [-0.2, 0) is 12.2 Å². The molecule has 0 radical (unpaired) electrons. The van der Waals surface area contributed by atoms with E-state index in [1.54, 1.807) is 16.7 Å². The van der Waals surface area contributed by atoms with Crippen molar-refractivity contribution in [3.63, 3.8) is 0 Å². The monoisotopic (exact) mass is 437 g/mol. The fraction of sp³-hybridized carbons (Fsp3) is 0.182. The second-order valence-electron chi connectivity index (χ2n) is 6.83. The van der Waals surface area contributed by atoms with E-state index in [9.17, 15) is 4.79 Å². The maximum Gasteiger partial charge on any atom is 0.258 e. The quantitative estimate of drug-likeness (QED) is 0.364. The summed E-state index contributed by atoms with van der Waals surface area (Å²) in [6.45, 7) is 3.97. The molecule has 2 N–H and O–H groups in total. The van der Waals surface area contributed by atoms with Crippen LogP contribution in [0, 0.1) is 6.92 Å². The fourth-order valence-corrected chi connectivity index (χ4v) is 4.16. The molecule has 0 aliphatic carbocycles. The Hall–Kier alpha value is -2.90. The van der Waals surface area contributed by atoms with E-state index in [2.05, 4.69) is 9.97 Å². The second kappa shape index (κ2) is 8.45. The van der Waals surface area contributed by atoms with Crippen molar-refractivity contribution < 1.29 is 0 Å². The number of aryl methyl sites for hydroxylation is 2. The topological polar surface area (TPSA) is 86.2 Å². The molecule has 4 aromatic rings. The zero-order valence-corrected chi connectivity index (χ0v) is 18.2. The predicted octanol–water partition coefficient (Wildman–Crippen LogP) is 4.55. The lowest BCUT2D eigenvalue weighted by Gasteiger charge is -2.12. The second-order valence-corrected chi connectivity index (χ2v) is 8.21. The standard InChI is InChI=1S/C22H20ClN5OS/c1-3-17-19(14-6-8-15(23)9-7-14)20(24)27-22(26-17)30-12-16-11-18(29)28-10-4-5-13(2)21(28)25-16/h4-11H,3,12H2,1-2H3,(H2,24,26,27). The molecule has 1 aromatic carbocycles. The average Bonchev–Trinajstić information content (AvgIpc) is 2.73. The van der Waals surface area contributed by atoms with Crippen molar-refractivity contribution in [3.05, 3.63) is 81.0 Å². The van der Waals surface area contributed by atoms with Gasteiger partial charge in [-0.2, -0.15) is 0 Å². The van der Waals surface area contributed by atoms with E-state index in [-0.39, 0.29) is 5.56 Å². The molecule has 0 spiro atoms. The van der Waals surface area contributed by atoms with Gasteiger partial charge in [0.05, 0.1) is 11.4 Å². The Bertz CT molecular complexity index is 1290. The SMILES string of the molecule is CCc1nc(SCc2cc(=O)n3cccc(C)c3n2)nc(N)c1-c1ccc(Cl)cc1. The molecule has 0 aliphatic rings. The van der Waals surface area contributed by atoms with Crippen molar-refractivity contribution in [2.24, 2.45) is 0 Å². The van der Waals surface area contributed by atoms with E-state index in [0.717, 1.165) is 22.4 Å². The minimum absolute atomic E-state index is 0.105. The average molecular weight is 438 g/mol. The van der Waals surface area contributed by atoms with E-state index in [1.807, 2.05) is 50.2 Å². The van der Waals surface area contributed by atoms with Gasteiger partial charge in [0.25, 0.3) is 5.56 Å². The van der Waals surface area contributed by atoms with Crippen LogP contribution < -0.4 is 11.3 Å². The molecule has 0 fully saturated rings. The van der Waals surface area contributed by atoms with E-state index >= 15 is 0 Å². The number of nitrogens with zero attached hydrogens (tertiary/aromatic N) is 4. The summed E-state index contributed by atoms with van der Waals surface area (Å²) in [4.78, 5) is 26.2. The first-order valence-corrected chi connectivity index (χ1v) is 10.9. The summed E-state index contributed by atoms with van der Waals surface area (Å²) in [5.41, 5.74) is 11.1. The predicted molar refractivity (Wildman–Crippen MR) is 122 cm³/mol. The van der Waals surface area contributed by atoms with Crippen LogP contribution >= 0.6 is 23.4 Å². The highest BCUT2D eigenvalue weighted by Crippen LogP contribution is 2.31. The molecule has 0 aliphatic heterocycles. The van der Waals surface area contributed by atoms with Crippen LogP contribution in [0.15, 0.2) is 58.6 Å². The number of fused-ring (bicyclic) bond motifs is 1. The van der Waals surface area contributed by atoms with Crippen molar-refractivity contribution in [1.82, 2.24) is 19.4 Å². The maximum absolute atomic E-state index is 12.4. The summed E-state index contributed by atoms with van der Waals surface area (Å²) in [6, 6.07) is 12.8. The first kappa shape index (κ1) is 20.4. The van der Waals surface area contributed by atoms with Crippen LogP contribution in [0.25, 0.3) is 16.8 Å². The normalized spacial score (nSPS) is 11.2. The highest BCUT2D eigenvalue weighted by Gasteiger charge is 2.14. The molecule has 8 heteroatoms. The number of nitrogens with two attached hydrogens (primary N) is 1. The minimum Gasteiger partial charge on any atom is -0.383 e. The molecule has 0 bridgehead atoms. The van der Waals surface area contributed by atoms with Gasteiger partial charge in [-0.3, -0.25) is 9.20 Å². The zero-order chi connectivity index (χ0) is 21.3. The summed E-state index contributed by atoms with van der Waals surface area (Å²) in [5.74, 6) is 0.900. The molecule has 4 rings (SSSR count).